The number of hydrogen-bond acceptors (Lipinski definition) is 1. The number of methoxy groups -OCH3 is 1. The van der Waals surface area contributed by atoms with E-state index in [1.54, 1.807) is 7.11 Å². The molecule has 0 aromatic heterocycles. The Morgan fingerprint density at radius 2 is 2.25 bits per heavy atom. The fraction of sp³-hybridized carbons (Fsp3) is 0.400. The maximum absolute atomic E-state index is 6.04. The lowest BCUT2D eigenvalue weighted by atomic mass is 10.1. The van der Waals surface area contributed by atoms with Gasteiger partial charge in [-0.15, -0.1) is 0 Å². The summed E-state index contributed by atoms with van der Waals surface area (Å²) in [5.74, 6) is 0. The summed E-state index contributed by atoms with van der Waals surface area (Å²) in [6, 6.07) is 6.07. The van der Waals surface area contributed by atoms with E-state index in [9.17, 15) is 0 Å². The molecule has 2 heteroatoms. The van der Waals surface area contributed by atoms with Gasteiger partial charge in [0.1, 0.15) is 0 Å². The second-order valence-electron chi connectivity index (χ2n) is 3.14. The lowest BCUT2D eigenvalue weighted by molar-refractivity contribution is 0.112. The van der Waals surface area contributed by atoms with Gasteiger partial charge in [0, 0.05) is 18.6 Å². The Morgan fingerprint density at radius 3 is 2.92 bits per heavy atom. The first-order chi connectivity index (χ1) is 5.81. The molecule has 1 aliphatic rings. The van der Waals surface area contributed by atoms with Gasteiger partial charge in [0.25, 0.3) is 0 Å². The largest absolute Gasteiger partial charge is 0.381 e. The Bertz CT molecular complexity index is 296. The van der Waals surface area contributed by atoms with Crippen LogP contribution in [0.2, 0.25) is 5.02 Å². The highest BCUT2D eigenvalue weighted by molar-refractivity contribution is 6.31. The SMILES string of the molecule is CO[C@H]1Cc2cccc(Cl)c2C1. The Hall–Kier alpha value is -0.530. The van der Waals surface area contributed by atoms with Gasteiger partial charge in [0.2, 0.25) is 0 Å². The summed E-state index contributed by atoms with van der Waals surface area (Å²) in [7, 11) is 1.75. The molecule has 0 unspecified atom stereocenters. The molecule has 0 saturated heterocycles. The highest BCUT2D eigenvalue weighted by Crippen LogP contribution is 2.29. The van der Waals surface area contributed by atoms with E-state index in [1.165, 1.54) is 11.1 Å². The molecule has 1 aromatic rings. The number of rotatable bonds is 1. The predicted octanol–water partition coefficient (Wildman–Crippen LogP) is 2.45. The molecule has 0 bridgehead atoms. The first-order valence-electron chi connectivity index (χ1n) is 4.10. The minimum atomic E-state index is 0.333. The smallest absolute Gasteiger partial charge is 0.0652 e. The molecule has 1 nitrogen and oxygen atoms in total. The summed E-state index contributed by atoms with van der Waals surface area (Å²) in [6.45, 7) is 0. The Balaban J connectivity index is 2.35. The van der Waals surface area contributed by atoms with Gasteiger partial charge in [-0.1, -0.05) is 23.7 Å². The quantitative estimate of drug-likeness (QED) is 0.649. The van der Waals surface area contributed by atoms with Crippen LogP contribution in [0.5, 0.6) is 0 Å². The van der Waals surface area contributed by atoms with Gasteiger partial charge in [0.15, 0.2) is 0 Å². The van der Waals surface area contributed by atoms with Crippen LogP contribution in [0.3, 0.4) is 0 Å². The Labute approximate surface area is 77.3 Å². The summed E-state index contributed by atoms with van der Waals surface area (Å²) < 4.78 is 5.29. The number of benzene rings is 1. The molecular formula is C10H11ClO. The van der Waals surface area contributed by atoms with Crippen molar-refractivity contribution in [2.75, 3.05) is 7.11 Å². The monoisotopic (exact) mass is 182 g/mol. The van der Waals surface area contributed by atoms with Crippen LogP contribution in [0.15, 0.2) is 18.2 Å². The fourth-order valence-corrected chi connectivity index (χ4v) is 2.01. The van der Waals surface area contributed by atoms with E-state index >= 15 is 0 Å². The third-order valence-corrected chi connectivity index (χ3v) is 2.78. The van der Waals surface area contributed by atoms with Crippen molar-refractivity contribution in [3.05, 3.63) is 34.3 Å². The lowest BCUT2D eigenvalue weighted by Gasteiger charge is -2.03. The third kappa shape index (κ3) is 1.23. The van der Waals surface area contributed by atoms with E-state index in [-0.39, 0.29) is 0 Å². The molecule has 0 N–H and O–H groups in total. The molecular weight excluding hydrogens is 172 g/mol. The molecule has 0 radical (unpaired) electrons. The zero-order valence-corrected chi connectivity index (χ0v) is 7.77. The molecule has 1 atom stereocenters. The Kier molecular flexibility index (Phi) is 2.07. The predicted molar refractivity (Wildman–Crippen MR) is 49.7 cm³/mol. The maximum atomic E-state index is 6.04. The highest BCUT2D eigenvalue weighted by atomic mass is 35.5. The second kappa shape index (κ2) is 3.08. The molecule has 12 heavy (non-hydrogen) atoms. The first kappa shape index (κ1) is 8.09. The molecule has 1 aliphatic carbocycles. The fourth-order valence-electron chi connectivity index (χ4n) is 1.73. The van der Waals surface area contributed by atoms with Crippen molar-refractivity contribution in [2.24, 2.45) is 0 Å². The minimum absolute atomic E-state index is 0.333. The van der Waals surface area contributed by atoms with Gasteiger partial charge >= 0.3 is 0 Å². The third-order valence-electron chi connectivity index (χ3n) is 2.43. The van der Waals surface area contributed by atoms with Gasteiger partial charge in [-0.25, -0.2) is 0 Å². The van der Waals surface area contributed by atoms with Crippen molar-refractivity contribution in [1.82, 2.24) is 0 Å². The van der Waals surface area contributed by atoms with Gasteiger partial charge in [0.05, 0.1) is 6.10 Å². The van der Waals surface area contributed by atoms with Crippen molar-refractivity contribution in [3.8, 4) is 0 Å². The van der Waals surface area contributed by atoms with E-state index in [4.69, 9.17) is 16.3 Å². The zero-order valence-electron chi connectivity index (χ0n) is 7.01. The summed E-state index contributed by atoms with van der Waals surface area (Å²) in [4.78, 5) is 0. The number of hydrogen-bond donors (Lipinski definition) is 0. The van der Waals surface area contributed by atoms with Gasteiger partial charge < -0.3 is 4.74 Å². The van der Waals surface area contributed by atoms with Crippen molar-refractivity contribution in [3.63, 3.8) is 0 Å². The van der Waals surface area contributed by atoms with Crippen LogP contribution >= 0.6 is 11.6 Å². The van der Waals surface area contributed by atoms with Crippen molar-refractivity contribution >= 4 is 11.6 Å². The van der Waals surface area contributed by atoms with Crippen LogP contribution in [0.4, 0.5) is 0 Å². The molecule has 64 valence electrons. The topological polar surface area (TPSA) is 9.23 Å². The molecule has 0 heterocycles. The van der Waals surface area contributed by atoms with Crippen LogP contribution in [0.1, 0.15) is 11.1 Å². The van der Waals surface area contributed by atoms with Crippen LogP contribution in [-0.2, 0) is 17.6 Å². The van der Waals surface area contributed by atoms with Crippen LogP contribution in [0.25, 0.3) is 0 Å². The van der Waals surface area contributed by atoms with Crippen LogP contribution in [0, 0.1) is 0 Å². The molecule has 2 rings (SSSR count). The van der Waals surface area contributed by atoms with E-state index < -0.39 is 0 Å². The minimum Gasteiger partial charge on any atom is -0.381 e. The Morgan fingerprint density at radius 1 is 1.42 bits per heavy atom. The van der Waals surface area contributed by atoms with Crippen molar-refractivity contribution < 1.29 is 4.74 Å². The molecule has 0 spiro atoms. The zero-order chi connectivity index (χ0) is 8.55. The van der Waals surface area contributed by atoms with Crippen molar-refractivity contribution in [2.45, 2.75) is 18.9 Å². The molecule has 1 aromatic carbocycles. The summed E-state index contributed by atoms with van der Waals surface area (Å²) in [5, 5.41) is 0.882. The number of fused-ring (bicyclic) bond motifs is 1. The standard InChI is InChI=1S/C10H11ClO/c1-12-8-5-7-3-2-4-10(11)9(7)6-8/h2-4,8H,5-6H2,1H3/t8-/m0/s1. The van der Waals surface area contributed by atoms with Crippen LogP contribution < -0.4 is 0 Å². The lowest BCUT2D eigenvalue weighted by Crippen LogP contribution is -2.08. The average molecular weight is 183 g/mol. The highest BCUT2D eigenvalue weighted by Gasteiger charge is 2.22. The van der Waals surface area contributed by atoms with Gasteiger partial charge in [-0.05, 0) is 23.6 Å². The summed E-state index contributed by atoms with van der Waals surface area (Å²) in [6.07, 6.45) is 2.30. The van der Waals surface area contributed by atoms with E-state index in [2.05, 4.69) is 6.07 Å². The molecule has 0 aliphatic heterocycles. The molecule has 0 amide bonds. The van der Waals surface area contributed by atoms with Crippen LogP contribution in [-0.4, -0.2) is 13.2 Å². The number of ether oxygens (including phenoxy) is 1. The number of halogens is 1. The maximum Gasteiger partial charge on any atom is 0.0652 e. The molecule has 0 fully saturated rings. The van der Waals surface area contributed by atoms with Gasteiger partial charge in [-0.2, -0.15) is 0 Å². The van der Waals surface area contributed by atoms with Crippen molar-refractivity contribution in [1.29, 1.82) is 0 Å². The second-order valence-corrected chi connectivity index (χ2v) is 3.55. The average Bonchev–Trinajstić information content (AvgIpc) is 2.49. The normalized spacial score (nSPS) is 21.0. The summed E-state index contributed by atoms with van der Waals surface area (Å²) >= 11 is 6.04. The van der Waals surface area contributed by atoms with E-state index in [0.29, 0.717) is 6.10 Å². The van der Waals surface area contributed by atoms with E-state index in [1.807, 2.05) is 12.1 Å². The summed E-state index contributed by atoms with van der Waals surface area (Å²) in [5.41, 5.74) is 2.61. The first-order valence-corrected chi connectivity index (χ1v) is 4.48. The van der Waals surface area contributed by atoms with E-state index in [0.717, 1.165) is 17.9 Å². The van der Waals surface area contributed by atoms with Gasteiger partial charge in [-0.3, -0.25) is 0 Å². The molecule has 0 saturated carbocycles.